The number of piperazine rings is 1. The fourth-order valence-corrected chi connectivity index (χ4v) is 4.22. The number of nitrogens with one attached hydrogen (secondary N) is 2. The van der Waals surface area contributed by atoms with Gasteiger partial charge in [-0.1, -0.05) is 18.2 Å². The first-order chi connectivity index (χ1) is 11.8. The van der Waals surface area contributed by atoms with Crippen LogP contribution in [0.15, 0.2) is 29.6 Å². The molecule has 0 aliphatic carbocycles. The highest BCUT2D eigenvalue weighted by Gasteiger charge is 2.09. The van der Waals surface area contributed by atoms with Crippen LogP contribution in [0.4, 0.5) is 0 Å². The zero-order valence-electron chi connectivity index (χ0n) is 14.2. The van der Waals surface area contributed by atoms with Crippen molar-refractivity contribution in [2.45, 2.75) is 25.7 Å². The summed E-state index contributed by atoms with van der Waals surface area (Å²) >= 11 is 1.79. The number of nitrogens with zero attached hydrogens (tertiary/aromatic N) is 1. The van der Waals surface area contributed by atoms with Gasteiger partial charge in [-0.15, -0.1) is 11.3 Å². The number of amides is 1. The van der Waals surface area contributed by atoms with E-state index in [9.17, 15) is 4.79 Å². The molecule has 1 aromatic carbocycles. The molecule has 1 saturated heterocycles. The van der Waals surface area contributed by atoms with Crippen LogP contribution >= 0.6 is 11.3 Å². The molecule has 1 aliphatic heterocycles. The predicted octanol–water partition coefficient (Wildman–Crippen LogP) is 2.64. The molecule has 0 spiro atoms. The summed E-state index contributed by atoms with van der Waals surface area (Å²) in [6, 6.07) is 8.51. The molecule has 0 radical (unpaired) electrons. The quantitative estimate of drug-likeness (QED) is 0.723. The minimum absolute atomic E-state index is 0.190. The summed E-state index contributed by atoms with van der Waals surface area (Å²) in [6.07, 6.45) is 3.57. The van der Waals surface area contributed by atoms with E-state index in [2.05, 4.69) is 45.2 Å². The van der Waals surface area contributed by atoms with Crippen LogP contribution in [-0.2, 0) is 11.2 Å². The number of rotatable bonds is 8. The third-order valence-corrected chi connectivity index (χ3v) is 5.61. The number of thiophene rings is 1. The van der Waals surface area contributed by atoms with E-state index < -0.39 is 0 Å². The topological polar surface area (TPSA) is 44.4 Å². The molecular weight excluding hydrogens is 318 g/mol. The van der Waals surface area contributed by atoms with E-state index in [0.717, 1.165) is 58.5 Å². The second kappa shape index (κ2) is 9.16. The van der Waals surface area contributed by atoms with Crippen molar-refractivity contribution < 1.29 is 4.79 Å². The van der Waals surface area contributed by atoms with Gasteiger partial charge < -0.3 is 15.5 Å². The first kappa shape index (κ1) is 17.4. The van der Waals surface area contributed by atoms with Crippen LogP contribution in [0, 0.1) is 0 Å². The molecule has 5 heteroatoms. The molecule has 3 rings (SSSR count). The third-order valence-electron chi connectivity index (χ3n) is 4.59. The van der Waals surface area contributed by atoms with Gasteiger partial charge in [-0.25, -0.2) is 0 Å². The highest BCUT2D eigenvalue weighted by atomic mass is 32.1. The predicted molar refractivity (Wildman–Crippen MR) is 102 cm³/mol. The Morgan fingerprint density at radius 2 is 2.04 bits per heavy atom. The monoisotopic (exact) mass is 345 g/mol. The first-order valence-electron chi connectivity index (χ1n) is 8.98. The van der Waals surface area contributed by atoms with Gasteiger partial charge in [0.05, 0.1) is 0 Å². The van der Waals surface area contributed by atoms with Gasteiger partial charge in [0, 0.05) is 43.8 Å². The lowest BCUT2D eigenvalue weighted by molar-refractivity contribution is -0.121. The summed E-state index contributed by atoms with van der Waals surface area (Å²) in [5.74, 6) is 0.190. The Kier molecular flexibility index (Phi) is 6.64. The van der Waals surface area contributed by atoms with Crippen molar-refractivity contribution in [2.24, 2.45) is 0 Å². The van der Waals surface area contributed by atoms with Crippen molar-refractivity contribution in [2.75, 3.05) is 39.3 Å². The first-order valence-corrected chi connectivity index (χ1v) is 9.86. The van der Waals surface area contributed by atoms with Crippen molar-refractivity contribution in [1.82, 2.24) is 15.5 Å². The van der Waals surface area contributed by atoms with Gasteiger partial charge in [0.15, 0.2) is 0 Å². The molecule has 0 saturated carbocycles. The molecule has 1 amide bonds. The lowest BCUT2D eigenvalue weighted by atomic mass is 10.1. The zero-order valence-corrected chi connectivity index (χ0v) is 15.0. The van der Waals surface area contributed by atoms with Gasteiger partial charge in [-0.2, -0.15) is 0 Å². The Balaban J connectivity index is 1.30. The standard InChI is InChI=1S/C19H27N3OS/c23-19(21-9-4-12-22-13-10-20-11-14-22)8-3-5-16-15-24-18-7-2-1-6-17(16)18/h1-2,6-7,15,20H,3-5,8-14H2,(H,21,23). The van der Waals surface area contributed by atoms with Crippen LogP contribution in [-0.4, -0.2) is 50.1 Å². The van der Waals surface area contributed by atoms with Crippen molar-refractivity contribution in [3.63, 3.8) is 0 Å². The van der Waals surface area contributed by atoms with Crippen LogP contribution in [0.2, 0.25) is 0 Å². The Hall–Kier alpha value is -1.43. The minimum Gasteiger partial charge on any atom is -0.356 e. The van der Waals surface area contributed by atoms with Crippen LogP contribution in [0.3, 0.4) is 0 Å². The average molecular weight is 346 g/mol. The molecular formula is C19H27N3OS. The van der Waals surface area contributed by atoms with Crippen molar-refractivity contribution in [1.29, 1.82) is 0 Å². The normalized spacial score (nSPS) is 15.7. The Bertz CT molecular complexity index is 649. The van der Waals surface area contributed by atoms with Gasteiger partial charge in [0.25, 0.3) is 0 Å². The largest absolute Gasteiger partial charge is 0.356 e. The maximum atomic E-state index is 12.0. The molecule has 0 unspecified atom stereocenters. The summed E-state index contributed by atoms with van der Waals surface area (Å²) in [4.78, 5) is 14.4. The van der Waals surface area contributed by atoms with E-state index in [1.165, 1.54) is 15.6 Å². The SMILES string of the molecule is O=C(CCCc1csc2ccccc12)NCCCN1CCNCC1. The van der Waals surface area contributed by atoms with Crippen molar-refractivity contribution >= 4 is 27.3 Å². The molecule has 2 aromatic rings. The van der Waals surface area contributed by atoms with E-state index in [4.69, 9.17) is 0 Å². The van der Waals surface area contributed by atoms with Gasteiger partial charge in [-0.3, -0.25) is 4.79 Å². The van der Waals surface area contributed by atoms with Crippen LogP contribution in [0.25, 0.3) is 10.1 Å². The second-order valence-corrected chi connectivity index (χ2v) is 7.32. The number of hydrogen-bond donors (Lipinski definition) is 2. The smallest absolute Gasteiger partial charge is 0.220 e. The Labute approximate surface area is 148 Å². The average Bonchev–Trinajstić information content (AvgIpc) is 3.03. The molecule has 1 aromatic heterocycles. The van der Waals surface area contributed by atoms with Gasteiger partial charge >= 0.3 is 0 Å². The van der Waals surface area contributed by atoms with Gasteiger partial charge in [0.1, 0.15) is 0 Å². The lowest BCUT2D eigenvalue weighted by Gasteiger charge is -2.27. The molecule has 4 nitrogen and oxygen atoms in total. The summed E-state index contributed by atoms with van der Waals surface area (Å²) < 4.78 is 1.34. The van der Waals surface area contributed by atoms with Gasteiger partial charge in [-0.05, 0) is 48.2 Å². The van der Waals surface area contributed by atoms with Gasteiger partial charge in [0.2, 0.25) is 5.91 Å². The van der Waals surface area contributed by atoms with E-state index >= 15 is 0 Å². The Morgan fingerprint density at radius 3 is 2.92 bits per heavy atom. The Morgan fingerprint density at radius 1 is 1.21 bits per heavy atom. The third kappa shape index (κ3) is 5.03. The number of carbonyl (C=O) groups excluding carboxylic acids is 1. The molecule has 0 atom stereocenters. The number of benzene rings is 1. The van der Waals surface area contributed by atoms with Crippen LogP contribution < -0.4 is 10.6 Å². The minimum atomic E-state index is 0.190. The molecule has 130 valence electrons. The fourth-order valence-electron chi connectivity index (χ4n) is 3.22. The highest BCUT2D eigenvalue weighted by molar-refractivity contribution is 7.17. The van der Waals surface area contributed by atoms with E-state index in [-0.39, 0.29) is 5.91 Å². The molecule has 0 bridgehead atoms. The van der Waals surface area contributed by atoms with Crippen molar-refractivity contribution in [3.05, 3.63) is 35.2 Å². The summed E-state index contributed by atoms with van der Waals surface area (Å²) in [6.45, 7) is 6.31. The van der Waals surface area contributed by atoms with E-state index in [0.29, 0.717) is 6.42 Å². The number of aryl methyl sites for hydroxylation is 1. The summed E-state index contributed by atoms with van der Waals surface area (Å²) in [7, 11) is 0. The number of hydrogen-bond acceptors (Lipinski definition) is 4. The summed E-state index contributed by atoms with van der Waals surface area (Å²) in [5, 5.41) is 10.00. The molecule has 2 heterocycles. The van der Waals surface area contributed by atoms with E-state index in [1.54, 1.807) is 11.3 Å². The maximum absolute atomic E-state index is 12.0. The van der Waals surface area contributed by atoms with Crippen LogP contribution in [0.1, 0.15) is 24.8 Å². The fraction of sp³-hybridized carbons (Fsp3) is 0.526. The second-order valence-electron chi connectivity index (χ2n) is 6.41. The maximum Gasteiger partial charge on any atom is 0.220 e. The number of fused-ring (bicyclic) bond motifs is 1. The number of carbonyl (C=O) groups is 1. The van der Waals surface area contributed by atoms with E-state index in [1.807, 2.05) is 0 Å². The summed E-state index contributed by atoms with van der Waals surface area (Å²) in [5.41, 5.74) is 1.38. The molecule has 1 aliphatic rings. The molecule has 24 heavy (non-hydrogen) atoms. The molecule has 2 N–H and O–H groups in total. The lowest BCUT2D eigenvalue weighted by Crippen LogP contribution is -2.44. The van der Waals surface area contributed by atoms with Crippen LogP contribution in [0.5, 0.6) is 0 Å². The highest BCUT2D eigenvalue weighted by Crippen LogP contribution is 2.26. The zero-order chi connectivity index (χ0) is 16.6. The molecule has 1 fully saturated rings. The van der Waals surface area contributed by atoms with Crippen molar-refractivity contribution in [3.8, 4) is 0 Å².